The zero-order valence-corrected chi connectivity index (χ0v) is 18.9. The fourth-order valence-corrected chi connectivity index (χ4v) is 4.24. The number of ketones is 1. The number of piperidine rings is 1. The minimum atomic E-state index is -0.917. The molecule has 1 aromatic carbocycles. The molecule has 1 unspecified atom stereocenters. The van der Waals surface area contributed by atoms with Crippen molar-refractivity contribution in [2.75, 3.05) is 18.0 Å². The molecule has 1 aromatic heterocycles. The lowest BCUT2D eigenvalue weighted by Crippen LogP contribution is -2.45. The first-order chi connectivity index (χ1) is 14.8. The number of pyridine rings is 1. The molecule has 7 heteroatoms. The van der Waals surface area contributed by atoms with Crippen LogP contribution in [0.15, 0.2) is 48.3 Å². The molecule has 0 saturated carbocycles. The van der Waals surface area contributed by atoms with E-state index in [1.54, 1.807) is 20.0 Å². The summed E-state index contributed by atoms with van der Waals surface area (Å²) in [5, 5.41) is 8.09. The number of Topliss-reactive ketones (excluding diaryl/α,β-unsaturated/α-hetero) is 1. The van der Waals surface area contributed by atoms with E-state index in [2.05, 4.69) is 26.9 Å². The minimum Gasteiger partial charge on any atom is -0.381 e. The fraction of sp³-hybridized carbons (Fsp3) is 0.375. The van der Waals surface area contributed by atoms with Crippen molar-refractivity contribution in [3.63, 3.8) is 0 Å². The number of carbonyl (C=O) groups excluding carboxylic acids is 1. The van der Waals surface area contributed by atoms with Crippen molar-refractivity contribution in [2.24, 2.45) is 5.16 Å². The number of aromatic nitrogens is 1. The van der Waals surface area contributed by atoms with Crippen LogP contribution in [-0.4, -0.2) is 41.2 Å². The maximum Gasteiger partial charge on any atom is 0.230 e. The van der Waals surface area contributed by atoms with E-state index in [0.29, 0.717) is 10.7 Å². The predicted octanol–water partition coefficient (Wildman–Crippen LogP) is 4.35. The molecule has 31 heavy (non-hydrogen) atoms. The molecule has 0 amide bonds. The van der Waals surface area contributed by atoms with Gasteiger partial charge in [0.2, 0.25) is 5.78 Å². The summed E-state index contributed by atoms with van der Waals surface area (Å²) in [4.78, 5) is 24.6. The summed E-state index contributed by atoms with van der Waals surface area (Å²) in [5.74, 6) is 0.743. The Morgan fingerprint density at radius 3 is 2.65 bits per heavy atom. The lowest BCUT2D eigenvalue weighted by Gasteiger charge is -2.37. The third-order valence-electron chi connectivity index (χ3n) is 5.79. The third-order valence-corrected chi connectivity index (χ3v) is 6.00. The van der Waals surface area contributed by atoms with Crippen LogP contribution in [0.5, 0.6) is 0 Å². The first-order valence-electron chi connectivity index (χ1n) is 10.5. The Hall–Kier alpha value is -2.70. The highest BCUT2D eigenvalue weighted by atomic mass is 35.5. The number of aryl methyl sites for hydroxylation is 1. The number of anilines is 1. The van der Waals surface area contributed by atoms with Gasteiger partial charge in [0.25, 0.3) is 0 Å². The van der Waals surface area contributed by atoms with E-state index in [9.17, 15) is 4.79 Å². The molecule has 2 aliphatic heterocycles. The van der Waals surface area contributed by atoms with Crippen LogP contribution in [0.1, 0.15) is 43.4 Å². The van der Waals surface area contributed by atoms with Gasteiger partial charge in [0.1, 0.15) is 5.82 Å². The van der Waals surface area contributed by atoms with Gasteiger partial charge in [-0.25, -0.2) is 4.98 Å². The Labute approximate surface area is 187 Å². The van der Waals surface area contributed by atoms with Crippen LogP contribution in [0, 0.1) is 6.92 Å². The molecule has 2 aromatic rings. The zero-order valence-electron chi connectivity index (χ0n) is 18.1. The molecule has 2 aliphatic rings. The smallest absolute Gasteiger partial charge is 0.230 e. The summed E-state index contributed by atoms with van der Waals surface area (Å²) in [7, 11) is 0. The maximum atomic E-state index is 12.5. The Kier molecular flexibility index (Phi) is 5.86. The van der Waals surface area contributed by atoms with Crippen molar-refractivity contribution in [1.29, 1.82) is 0 Å². The van der Waals surface area contributed by atoms with Gasteiger partial charge in [0, 0.05) is 30.0 Å². The summed E-state index contributed by atoms with van der Waals surface area (Å²) in [6, 6.07) is 9.88. The molecule has 1 saturated heterocycles. The van der Waals surface area contributed by atoms with Gasteiger partial charge in [-0.15, -0.1) is 0 Å². The Morgan fingerprint density at radius 1 is 1.32 bits per heavy atom. The molecule has 3 heterocycles. The average molecular weight is 439 g/mol. The largest absolute Gasteiger partial charge is 0.381 e. The normalized spacial score (nSPS) is 20.2. The number of benzene rings is 1. The summed E-state index contributed by atoms with van der Waals surface area (Å²) in [5.41, 5.74) is 2.98. The van der Waals surface area contributed by atoms with Crippen molar-refractivity contribution in [2.45, 2.75) is 45.3 Å². The number of halogens is 1. The van der Waals surface area contributed by atoms with Crippen LogP contribution in [0.3, 0.4) is 0 Å². The second kappa shape index (κ2) is 8.44. The molecule has 4 rings (SSSR count). The van der Waals surface area contributed by atoms with Gasteiger partial charge in [-0.05, 0) is 57.4 Å². The van der Waals surface area contributed by atoms with Crippen molar-refractivity contribution in [3.8, 4) is 0 Å². The molecule has 1 N–H and O–H groups in total. The summed E-state index contributed by atoms with van der Waals surface area (Å²) < 4.78 is 0. The van der Waals surface area contributed by atoms with Crippen molar-refractivity contribution < 1.29 is 9.63 Å². The average Bonchev–Trinajstić information content (AvgIpc) is 3.03. The van der Waals surface area contributed by atoms with E-state index in [1.165, 1.54) is 0 Å². The van der Waals surface area contributed by atoms with Crippen LogP contribution in [-0.2, 0) is 9.63 Å². The molecule has 0 bridgehead atoms. The Bertz CT molecular complexity index is 1040. The first-order valence-corrected chi connectivity index (χ1v) is 10.9. The molecule has 0 spiro atoms. The predicted molar refractivity (Wildman–Crippen MR) is 125 cm³/mol. The van der Waals surface area contributed by atoms with E-state index in [1.807, 2.05) is 37.3 Å². The number of oxime groups is 1. The number of hydrogen-bond donors (Lipinski definition) is 1. The van der Waals surface area contributed by atoms with Crippen molar-refractivity contribution >= 4 is 34.6 Å². The zero-order chi connectivity index (χ0) is 22.2. The lowest BCUT2D eigenvalue weighted by molar-refractivity contribution is -0.128. The Morgan fingerprint density at radius 2 is 2.06 bits per heavy atom. The molecule has 0 radical (unpaired) electrons. The maximum absolute atomic E-state index is 12.5. The quantitative estimate of drug-likeness (QED) is 0.751. The van der Waals surface area contributed by atoms with Gasteiger partial charge >= 0.3 is 0 Å². The lowest BCUT2D eigenvalue weighted by atomic mass is 9.95. The summed E-state index contributed by atoms with van der Waals surface area (Å²) >= 11 is 6.15. The second-order valence-electron chi connectivity index (χ2n) is 8.56. The fourth-order valence-electron chi connectivity index (χ4n) is 4.03. The molecular formula is C24H27ClN4O2. The number of carbonyl (C=O) groups is 1. The van der Waals surface area contributed by atoms with Gasteiger partial charge in [0.05, 0.1) is 5.02 Å². The Balaban J connectivity index is 1.65. The molecular weight excluding hydrogens is 412 g/mol. The van der Waals surface area contributed by atoms with Gasteiger partial charge in [-0.3, -0.25) is 4.79 Å². The SMILES string of the molecule is C=C(c1ccc(C2=NOC(C)(C)C2=O)cc1)N(c1ncc(Cl)cc1C)C1CCCNC1. The summed E-state index contributed by atoms with van der Waals surface area (Å²) in [6.45, 7) is 11.7. The standard InChI is InChI=1S/C24H27ClN4O2/c1-15-12-19(25)13-27-23(15)29(20-6-5-11-26-14-20)16(2)17-7-9-18(10-8-17)21-22(30)24(3,4)31-28-21/h7-10,12-13,20,26H,2,5-6,11,14H2,1,3-4H3. The van der Waals surface area contributed by atoms with E-state index in [4.69, 9.17) is 16.4 Å². The molecule has 162 valence electrons. The summed E-state index contributed by atoms with van der Waals surface area (Å²) in [6.07, 6.45) is 3.82. The molecule has 0 aliphatic carbocycles. The minimum absolute atomic E-state index is 0.116. The topological polar surface area (TPSA) is 66.8 Å². The first kappa shape index (κ1) is 21.5. The van der Waals surface area contributed by atoms with Gasteiger partial charge < -0.3 is 15.1 Å². The van der Waals surface area contributed by atoms with Crippen LogP contribution in [0.4, 0.5) is 5.82 Å². The van der Waals surface area contributed by atoms with E-state index < -0.39 is 5.60 Å². The van der Waals surface area contributed by atoms with E-state index in [0.717, 1.165) is 54.1 Å². The molecule has 6 nitrogen and oxygen atoms in total. The van der Waals surface area contributed by atoms with Crippen molar-refractivity contribution in [1.82, 2.24) is 10.3 Å². The highest BCUT2D eigenvalue weighted by molar-refractivity contribution is 6.49. The highest BCUT2D eigenvalue weighted by Gasteiger charge is 2.40. The highest BCUT2D eigenvalue weighted by Crippen LogP contribution is 2.32. The molecule has 1 atom stereocenters. The van der Waals surface area contributed by atoms with Gasteiger partial charge in [-0.2, -0.15) is 0 Å². The van der Waals surface area contributed by atoms with Gasteiger partial charge in [0.15, 0.2) is 11.3 Å². The number of nitrogens with zero attached hydrogens (tertiary/aromatic N) is 3. The number of hydrogen-bond acceptors (Lipinski definition) is 6. The van der Waals surface area contributed by atoms with Crippen molar-refractivity contribution in [3.05, 3.63) is 64.8 Å². The van der Waals surface area contributed by atoms with E-state index >= 15 is 0 Å². The monoisotopic (exact) mass is 438 g/mol. The van der Waals surface area contributed by atoms with E-state index in [-0.39, 0.29) is 11.8 Å². The van der Waals surface area contributed by atoms with Crippen LogP contribution < -0.4 is 10.2 Å². The number of rotatable bonds is 5. The molecule has 1 fully saturated rings. The van der Waals surface area contributed by atoms with Gasteiger partial charge in [-0.1, -0.05) is 47.6 Å². The van der Waals surface area contributed by atoms with Crippen LogP contribution in [0.2, 0.25) is 5.02 Å². The third kappa shape index (κ3) is 4.23. The van der Waals surface area contributed by atoms with Crippen LogP contribution in [0.25, 0.3) is 5.70 Å². The van der Waals surface area contributed by atoms with Crippen LogP contribution >= 0.6 is 11.6 Å². The number of nitrogens with one attached hydrogen (secondary N) is 1. The second-order valence-corrected chi connectivity index (χ2v) is 9.00.